The number of amides is 1. The molecule has 1 unspecified atom stereocenters. The van der Waals surface area contributed by atoms with Gasteiger partial charge in [-0.15, -0.1) is 11.3 Å². The predicted octanol–water partition coefficient (Wildman–Crippen LogP) is 2.41. The number of aromatic amines is 1. The Kier molecular flexibility index (Phi) is 4.57. The first-order valence-corrected chi connectivity index (χ1v) is 10.3. The van der Waals surface area contributed by atoms with Crippen molar-refractivity contribution in [2.75, 3.05) is 0 Å². The Balaban J connectivity index is 1.31. The molecule has 1 aliphatic heterocycles. The number of fused-ring (bicyclic) bond motifs is 1. The molecule has 2 N–H and O–H groups in total. The number of hydrogen-bond acceptors (Lipinski definition) is 7. The average molecular weight is 416 g/mol. The first kappa shape index (κ1) is 18.2. The zero-order valence-corrected chi connectivity index (χ0v) is 16.6. The number of nitrogens with zero attached hydrogens (tertiary/aromatic N) is 6. The largest absolute Gasteiger partial charge is 0.347 e. The van der Waals surface area contributed by atoms with Crippen LogP contribution in [0.15, 0.2) is 41.9 Å². The van der Waals surface area contributed by atoms with E-state index >= 15 is 0 Å². The monoisotopic (exact) mass is 416 g/mol. The lowest BCUT2D eigenvalue weighted by atomic mass is 10.1. The number of nitriles is 1. The Morgan fingerprint density at radius 2 is 2.17 bits per heavy atom. The van der Waals surface area contributed by atoms with Crippen LogP contribution in [0.1, 0.15) is 28.4 Å². The summed E-state index contributed by atoms with van der Waals surface area (Å²) in [6.45, 7) is 0.688. The smallest absolute Gasteiger partial charge is 0.270 e. The lowest BCUT2D eigenvalue weighted by molar-refractivity contribution is 0.0925. The lowest BCUT2D eigenvalue weighted by Crippen LogP contribution is -2.40. The summed E-state index contributed by atoms with van der Waals surface area (Å²) in [6, 6.07) is 11.8. The third-order valence-corrected chi connectivity index (χ3v) is 5.82. The summed E-state index contributed by atoms with van der Waals surface area (Å²) in [5, 5.41) is 25.6. The summed E-state index contributed by atoms with van der Waals surface area (Å²) in [5.41, 5.74) is 2.22. The van der Waals surface area contributed by atoms with Crippen molar-refractivity contribution in [1.29, 1.82) is 5.26 Å². The van der Waals surface area contributed by atoms with Gasteiger partial charge in [-0.3, -0.25) is 9.89 Å². The first-order valence-electron chi connectivity index (χ1n) is 9.40. The topological polar surface area (TPSA) is 125 Å². The Hall–Kier alpha value is -3.84. The molecule has 1 aliphatic rings. The molecule has 1 atom stereocenters. The number of carbonyl (C=O) groups is 1. The molecule has 148 valence electrons. The highest BCUT2D eigenvalue weighted by Gasteiger charge is 2.26. The van der Waals surface area contributed by atoms with Crippen molar-refractivity contribution in [3.05, 3.63) is 59.1 Å². The minimum Gasteiger partial charge on any atom is -0.347 e. The Labute approximate surface area is 175 Å². The molecule has 1 amide bonds. The van der Waals surface area contributed by atoms with Gasteiger partial charge in [0, 0.05) is 30.0 Å². The second-order valence-corrected chi connectivity index (χ2v) is 7.77. The standard InChI is InChI=1S/C20H16N8OS/c21-9-14-11-30-20(24-14)15-10-22-26-17(15)19(29)23-13-6-7-28-16(8-13)25-18(27-28)12-4-2-1-3-5-12/h1-5,10-11,13H,6-8H2,(H,22,26)(H,23,29). The van der Waals surface area contributed by atoms with Crippen molar-refractivity contribution < 1.29 is 4.79 Å². The van der Waals surface area contributed by atoms with E-state index in [0.29, 0.717) is 40.7 Å². The molecule has 0 spiro atoms. The molecule has 0 saturated carbocycles. The van der Waals surface area contributed by atoms with E-state index in [0.717, 1.165) is 17.8 Å². The number of nitrogens with one attached hydrogen (secondary N) is 2. The summed E-state index contributed by atoms with van der Waals surface area (Å²) >= 11 is 1.31. The molecule has 0 bridgehead atoms. The number of thiazole rings is 1. The van der Waals surface area contributed by atoms with Crippen LogP contribution in [0.4, 0.5) is 0 Å². The molecule has 10 heteroatoms. The van der Waals surface area contributed by atoms with Gasteiger partial charge in [-0.1, -0.05) is 30.3 Å². The molecule has 4 aromatic rings. The Bertz CT molecular complexity index is 1250. The van der Waals surface area contributed by atoms with Crippen LogP contribution >= 0.6 is 11.3 Å². The molecule has 0 saturated heterocycles. The highest BCUT2D eigenvalue weighted by Crippen LogP contribution is 2.26. The zero-order valence-electron chi connectivity index (χ0n) is 15.7. The Morgan fingerprint density at radius 3 is 2.97 bits per heavy atom. The molecule has 0 fully saturated rings. The number of benzene rings is 1. The number of aromatic nitrogens is 6. The fourth-order valence-electron chi connectivity index (χ4n) is 3.47. The number of H-pyrrole nitrogens is 1. The van der Waals surface area contributed by atoms with Gasteiger partial charge >= 0.3 is 0 Å². The Morgan fingerprint density at radius 1 is 1.30 bits per heavy atom. The maximum atomic E-state index is 12.9. The second-order valence-electron chi connectivity index (χ2n) is 6.91. The van der Waals surface area contributed by atoms with Crippen LogP contribution in [0, 0.1) is 11.3 Å². The highest BCUT2D eigenvalue weighted by molar-refractivity contribution is 7.13. The second kappa shape index (κ2) is 7.53. The van der Waals surface area contributed by atoms with Gasteiger partial charge < -0.3 is 5.32 Å². The molecule has 0 radical (unpaired) electrons. The van der Waals surface area contributed by atoms with Crippen molar-refractivity contribution >= 4 is 17.2 Å². The fraction of sp³-hybridized carbons (Fsp3) is 0.200. The van der Waals surface area contributed by atoms with Crippen LogP contribution in [0.25, 0.3) is 22.0 Å². The van der Waals surface area contributed by atoms with E-state index in [1.165, 1.54) is 11.3 Å². The molecular weight excluding hydrogens is 400 g/mol. The summed E-state index contributed by atoms with van der Waals surface area (Å²) in [5.74, 6) is 1.30. The highest BCUT2D eigenvalue weighted by atomic mass is 32.1. The molecule has 3 aromatic heterocycles. The molecule has 4 heterocycles. The molecule has 30 heavy (non-hydrogen) atoms. The fourth-order valence-corrected chi connectivity index (χ4v) is 4.23. The molecule has 1 aromatic carbocycles. The van der Waals surface area contributed by atoms with Crippen molar-refractivity contribution in [2.24, 2.45) is 0 Å². The van der Waals surface area contributed by atoms with Gasteiger partial charge in [0.15, 0.2) is 11.5 Å². The van der Waals surface area contributed by atoms with Crippen molar-refractivity contribution in [1.82, 2.24) is 35.3 Å². The third kappa shape index (κ3) is 3.35. The van der Waals surface area contributed by atoms with Gasteiger partial charge in [0.1, 0.15) is 22.6 Å². The quantitative estimate of drug-likeness (QED) is 0.526. The number of carbonyl (C=O) groups excluding carboxylic acids is 1. The number of aryl methyl sites for hydroxylation is 1. The van der Waals surface area contributed by atoms with Gasteiger partial charge in [0.05, 0.1) is 11.8 Å². The van der Waals surface area contributed by atoms with Crippen LogP contribution in [0.2, 0.25) is 0 Å². The van der Waals surface area contributed by atoms with Crippen LogP contribution in [0.3, 0.4) is 0 Å². The van der Waals surface area contributed by atoms with E-state index in [1.54, 1.807) is 11.6 Å². The van der Waals surface area contributed by atoms with Crippen LogP contribution in [-0.4, -0.2) is 41.9 Å². The van der Waals surface area contributed by atoms with Gasteiger partial charge in [0.25, 0.3) is 5.91 Å². The van der Waals surface area contributed by atoms with Gasteiger partial charge in [-0.2, -0.15) is 15.5 Å². The normalized spacial score (nSPS) is 15.4. The predicted molar refractivity (Wildman–Crippen MR) is 109 cm³/mol. The zero-order chi connectivity index (χ0) is 20.5. The number of hydrogen-bond donors (Lipinski definition) is 2. The van der Waals surface area contributed by atoms with E-state index in [1.807, 2.05) is 41.1 Å². The van der Waals surface area contributed by atoms with E-state index < -0.39 is 0 Å². The van der Waals surface area contributed by atoms with E-state index in [2.05, 4.69) is 30.6 Å². The third-order valence-electron chi connectivity index (χ3n) is 4.95. The molecule has 5 rings (SSSR count). The first-order chi connectivity index (χ1) is 14.7. The van der Waals surface area contributed by atoms with Crippen molar-refractivity contribution in [3.8, 4) is 28.0 Å². The summed E-state index contributed by atoms with van der Waals surface area (Å²) in [4.78, 5) is 21.7. The minimum atomic E-state index is -0.252. The lowest BCUT2D eigenvalue weighted by Gasteiger charge is -2.23. The minimum absolute atomic E-state index is 0.0556. The maximum absolute atomic E-state index is 12.9. The summed E-state index contributed by atoms with van der Waals surface area (Å²) < 4.78 is 1.91. The van der Waals surface area contributed by atoms with Crippen molar-refractivity contribution in [2.45, 2.75) is 25.4 Å². The molecule has 9 nitrogen and oxygen atoms in total. The SMILES string of the molecule is N#Cc1csc(-c2cn[nH]c2C(=O)NC2CCn3nc(-c4ccccc4)nc3C2)n1. The van der Waals surface area contributed by atoms with Crippen LogP contribution < -0.4 is 5.32 Å². The van der Waals surface area contributed by atoms with E-state index in [-0.39, 0.29) is 11.9 Å². The summed E-state index contributed by atoms with van der Waals surface area (Å²) in [6.07, 6.45) is 2.92. The van der Waals surface area contributed by atoms with Crippen LogP contribution in [0.5, 0.6) is 0 Å². The van der Waals surface area contributed by atoms with Gasteiger partial charge in [0.2, 0.25) is 0 Å². The van der Waals surface area contributed by atoms with E-state index in [9.17, 15) is 4.79 Å². The molecular formula is C20H16N8OS. The van der Waals surface area contributed by atoms with Gasteiger partial charge in [-0.05, 0) is 6.42 Å². The van der Waals surface area contributed by atoms with Crippen LogP contribution in [-0.2, 0) is 13.0 Å². The maximum Gasteiger partial charge on any atom is 0.270 e. The van der Waals surface area contributed by atoms with E-state index in [4.69, 9.17) is 5.26 Å². The van der Waals surface area contributed by atoms with Gasteiger partial charge in [-0.25, -0.2) is 14.6 Å². The van der Waals surface area contributed by atoms with Crippen molar-refractivity contribution in [3.63, 3.8) is 0 Å². The molecule has 0 aliphatic carbocycles. The average Bonchev–Trinajstić information content (AvgIpc) is 3.52. The summed E-state index contributed by atoms with van der Waals surface area (Å²) in [7, 11) is 0. The number of rotatable bonds is 4.